The summed E-state index contributed by atoms with van der Waals surface area (Å²) in [4.78, 5) is 11.4. The van der Waals surface area contributed by atoms with Gasteiger partial charge in [-0.05, 0) is 12.2 Å². The maximum atomic E-state index is 11.4. The number of halogens is 1. The number of rotatable bonds is 4. The molecular weight excluding hydrogens is 316 g/mol. The van der Waals surface area contributed by atoms with Crippen molar-refractivity contribution >= 4 is 40.6 Å². The molecule has 0 amide bonds. The Labute approximate surface area is 132 Å². The molecule has 1 saturated heterocycles. The van der Waals surface area contributed by atoms with Gasteiger partial charge >= 0.3 is 5.97 Å². The van der Waals surface area contributed by atoms with Crippen molar-refractivity contribution in [1.82, 2.24) is 5.32 Å². The van der Waals surface area contributed by atoms with E-state index in [1.54, 1.807) is 12.1 Å². The van der Waals surface area contributed by atoms with Crippen molar-refractivity contribution in [3.05, 3.63) is 17.2 Å². The number of esters is 1. The topological polar surface area (TPSA) is 68.8 Å². The highest BCUT2D eigenvalue weighted by Crippen LogP contribution is 2.35. The van der Waals surface area contributed by atoms with Crippen LogP contribution in [-0.2, 0) is 9.53 Å². The Morgan fingerprint density at radius 1 is 1.38 bits per heavy atom. The molecular formula is C13H15ClN2O4S. The van der Waals surface area contributed by atoms with Crippen LogP contribution in [0, 0.1) is 0 Å². The SMILES string of the molecule is COc1cc(NC(=S)NC2CCOC2=O)c(OC)cc1Cl. The van der Waals surface area contributed by atoms with Gasteiger partial charge in [0.15, 0.2) is 5.11 Å². The normalized spacial score (nSPS) is 17.1. The number of cyclic esters (lactones) is 1. The third kappa shape index (κ3) is 3.68. The van der Waals surface area contributed by atoms with Crippen molar-refractivity contribution in [2.24, 2.45) is 0 Å². The Balaban J connectivity index is 2.10. The van der Waals surface area contributed by atoms with Gasteiger partial charge in [0.25, 0.3) is 0 Å². The van der Waals surface area contributed by atoms with Crippen molar-refractivity contribution in [1.29, 1.82) is 0 Å². The molecule has 1 heterocycles. The zero-order valence-corrected chi connectivity index (χ0v) is 13.1. The number of ether oxygens (including phenoxy) is 3. The number of benzene rings is 1. The summed E-state index contributed by atoms with van der Waals surface area (Å²) in [5.41, 5.74) is 0.586. The minimum atomic E-state index is -0.426. The zero-order valence-electron chi connectivity index (χ0n) is 11.6. The van der Waals surface area contributed by atoms with E-state index >= 15 is 0 Å². The van der Waals surface area contributed by atoms with Gasteiger partial charge in [-0.1, -0.05) is 11.6 Å². The van der Waals surface area contributed by atoms with E-state index in [-0.39, 0.29) is 5.97 Å². The molecule has 0 bridgehead atoms. The second kappa shape index (κ2) is 6.82. The highest BCUT2D eigenvalue weighted by molar-refractivity contribution is 7.80. The second-order valence-corrected chi connectivity index (χ2v) is 5.11. The van der Waals surface area contributed by atoms with Crippen LogP contribution < -0.4 is 20.1 Å². The van der Waals surface area contributed by atoms with Gasteiger partial charge in [0, 0.05) is 18.6 Å². The number of anilines is 1. The van der Waals surface area contributed by atoms with E-state index in [0.29, 0.717) is 40.3 Å². The summed E-state index contributed by atoms with van der Waals surface area (Å²) in [6, 6.07) is 2.86. The lowest BCUT2D eigenvalue weighted by atomic mass is 10.2. The van der Waals surface area contributed by atoms with E-state index in [0.717, 1.165) is 0 Å². The van der Waals surface area contributed by atoms with Crippen molar-refractivity contribution in [2.75, 3.05) is 26.1 Å². The fraction of sp³-hybridized carbons (Fsp3) is 0.385. The van der Waals surface area contributed by atoms with Crippen LogP contribution in [0.1, 0.15) is 6.42 Å². The Morgan fingerprint density at radius 3 is 2.67 bits per heavy atom. The molecule has 1 fully saturated rings. The summed E-state index contributed by atoms with van der Waals surface area (Å²) in [7, 11) is 3.04. The number of hydrogen-bond donors (Lipinski definition) is 2. The lowest BCUT2D eigenvalue weighted by molar-refractivity contribution is -0.139. The summed E-state index contributed by atoms with van der Waals surface area (Å²) in [5.74, 6) is 0.696. The molecule has 1 atom stereocenters. The molecule has 0 spiro atoms. The Hall–Kier alpha value is -1.73. The largest absolute Gasteiger partial charge is 0.495 e. The number of thiocarbonyl (C=S) groups is 1. The maximum Gasteiger partial charge on any atom is 0.328 e. The number of methoxy groups -OCH3 is 2. The third-order valence-electron chi connectivity index (χ3n) is 2.96. The van der Waals surface area contributed by atoms with Crippen molar-refractivity contribution in [2.45, 2.75) is 12.5 Å². The highest BCUT2D eigenvalue weighted by Gasteiger charge is 2.27. The molecule has 0 aromatic heterocycles. The first-order chi connectivity index (χ1) is 10.0. The molecule has 6 nitrogen and oxygen atoms in total. The summed E-state index contributed by atoms with van der Waals surface area (Å²) >= 11 is 11.2. The number of carbonyl (C=O) groups is 1. The van der Waals surface area contributed by atoms with Crippen LogP contribution in [-0.4, -0.2) is 38.0 Å². The third-order valence-corrected chi connectivity index (χ3v) is 3.48. The molecule has 1 aromatic rings. The first kappa shape index (κ1) is 15.7. The van der Waals surface area contributed by atoms with Crippen LogP contribution in [0.4, 0.5) is 5.69 Å². The highest BCUT2D eigenvalue weighted by atomic mass is 35.5. The second-order valence-electron chi connectivity index (χ2n) is 4.29. The Morgan fingerprint density at radius 2 is 2.10 bits per heavy atom. The van der Waals surface area contributed by atoms with E-state index < -0.39 is 6.04 Å². The summed E-state index contributed by atoms with van der Waals surface area (Å²) < 4.78 is 15.3. The average molecular weight is 331 g/mol. The van der Waals surface area contributed by atoms with Gasteiger partial charge in [-0.2, -0.15) is 0 Å². The van der Waals surface area contributed by atoms with Gasteiger partial charge in [0.05, 0.1) is 31.5 Å². The number of nitrogens with one attached hydrogen (secondary N) is 2. The standard InChI is InChI=1S/C13H15ClN2O4S/c1-18-10-6-9(11(19-2)5-7(10)14)16-13(21)15-8-3-4-20-12(8)17/h5-6,8H,3-4H2,1-2H3,(H2,15,16,21). The van der Waals surface area contributed by atoms with Gasteiger partial charge in [0.2, 0.25) is 0 Å². The maximum absolute atomic E-state index is 11.4. The Kier molecular flexibility index (Phi) is 5.08. The zero-order chi connectivity index (χ0) is 15.4. The van der Waals surface area contributed by atoms with Gasteiger partial charge in [0.1, 0.15) is 17.5 Å². The van der Waals surface area contributed by atoms with Crippen LogP contribution in [0.25, 0.3) is 0 Å². The molecule has 8 heteroatoms. The molecule has 0 aliphatic carbocycles. The number of carbonyl (C=O) groups excluding carboxylic acids is 1. The molecule has 2 rings (SSSR count). The molecule has 1 aromatic carbocycles. The van der Waals surface area contributed by atoms with Gasteiger partial charge in [-0.3, -0.25) is 0 Å². The molecule has 0 radical (unpaired) electrons. The monoisotopic (exact) mass is 330 g/mol. The van der Waals surface area contributed by atoms with E-state index in [9.17, 15) is 4.79 Å². The summed E-state index contributed by atoms with van der Waals surface area (Å²) in [5, 5.41) is 6.58. The van der Waals surface area contributed by atoms with Crippen LogP contribution in [0.3, 0.4) is 0 Å². The average Bonchev–Trinajstić information content (AvgIpc) is 2.85. The minimum Gasteiger partial charge on any atom is -0.495 e. The first-order valence-corrected chi connectivity index (χ1v) is 6.99. The Bertz CT molecular complexity index is 567. The quantitative estimate of drug-likeness (QED) is 0.646. The van der Waals surface area contributed by atoms with Crippen LogP contribution >= 0.6 is 23.8 Å². The first-order valence-electron chi connectivity index (χ1n) is 6.21. The smallest absolute Gasteiger partial charge is 0.328 e. The van der Waals surface area contributed by atoms with E-state index in [2.05, 4.69) is 10.6 Å². The molecule has 21 heavy (non-hydrogen) atoms. The van der Waals surface area contributed by atoms with Crippen molar-refractivity contribution < 1.29 is 19.0 Å². The molecule has 1 unspecified atom stereocenters. The van der Waals surface area contributed by atoms with Crippen molar-refractivity contribution in [3.63, 3.8) is 0 Å². The molecule has 2 N–H and O–H groups in total. The van der Waals surface area contributed by atoms with Gasteiger partial charge in [-0.25, -0.2) is 4.79 Å². The van der Waals surface area contributed by atoms with Crippen LogP contribution in [0.2, 0.25) is 5.02 Å². The van der Waals surface area contributed by atoms with Gasteiger partial charge in [-0.15, -0.1) is 0 Å². The van der Waals surface area contributed by atoms with E-state index in [1.165, 1.54) is 14.2 Å². The molecule has 114 valence electrons. The van der Waals surface area contributed by atoms with Crippen LogP contribution in [0.5, 0.6) is 11.5 Å². The molecule has 0 saturated carbocycles. The lowest BCUT2D eigenvalue weighted by Crippen LogP contribution is -2.40. The summed E-state index contributed by atoms with van der Waals surface area (Å²) in [6.07, 6.45) is 0.585. The van der Waals surface area contributed by atoms with E-state index in [1.807, 2.05) is 0 Å². The van der Waals surface area contributed by atoms with E-state index in [4.69, 9.17) is 38.0 Å². The fourth-order valence-corrected chi connectivity index (χ4v) is 2.38. The molecule has 1 aliphatic heterocycles. The summed E-state index contributed by atoms with van der Waals surface area (Å²) in [6.45, 7) is 0.400. The van der Waals surface area contributed by atoms with Gasteiger partial charge < -0.3 is 24.8 Å². The predicted octanol–water partition coefficient (Wildman–Crippen LogP) is 1.96. The van der Waals surface area contributed by atoms with Crippen LogP contribution in [0.15, 0.2) is 12.1 Å². The van der Waals surface area contributed by atoms with Crippen molar-refractivity contribution in [3.8, 4) is 11.5 Å². The molecule has 1 aliphatic rings. The predicted molar refractivity (Wildman–Crippen MR) is 83.3 cm³/mol. The minimum absolute atomic E-state index is 0.293. The number of hydrogen-bond acceptors (Lipinski definition) is 5. The lowest BCUT2D eigenvalue weighted by Gasteiger charge is -2.16. The fourth-order valence-electron chi connectivity index (χ4n) is 1.90.